The Morgan fingerprint density at radius 2 is 1.87 bits per heavy atom. The molecule has 1 heterocycles. The lowest BCUT2D eigenvalue weighted by Gasteiger charge is -2.26. The van der Waals surface area contributed by atoms with E-state index in [1.807, 2.05) is 0 Å². The molecule has 1 aliphatic rings. The first-order valence-corrected chi connectivity index (χ1v) is 6.44. The Kier molecular flexibility index (Phi) is 7.88. The Hall–Kier alpha value is -0.120. The standard InChI is InChI=1S/C12H26N2O/c1-2-6-13-7-4-3-5-8-14-9-11-15-12-10-14/h13H,2-12H2,1H3. The van der Waals surface area contributed by atoms with E-state index in [1.54, 1.807) is 0 Å². The molecular formula is C12H26N2O. The minimum Gasteiger partial charge on any atom is -0.379 e. The summed E-state index contributed by atoms with van der Waals surface area (Å²) in [5.41, 5.74) is 0. The fourth-order valence-electron chi connectivity index (χ4n) is 1.89. The minimum atomic E-state index is 0.929. The van der Waals surface area contributed by atoms with Crippen LogP contribution in [0.1, 0.15) is 32.6 Å². The van der Waals surface area contributed by atoms with Gasteiger partial charge in [-0.15, -0.1) is 0 Å². The first-order valence-electron chi connectivity index (χ1n) is 6.44. The largest absolute Gasteiger partial charge is 0.379 e. The molecule has 0 atom stereocenters. The third-order valence-electron chi connectivity index (χ3n) is 2.86. The summed E-state index contributed by atoms with van der Waals surface area (Å²) in [4.78, 5) is 2.52. The number of hydrogen-bond donors (Lipinski definition) is 1. The van der Waals surface area contributed by atoms with Crippen molar-refractivity contribution in [2.45, 2.75) is 32.6 Å². The van der Waals surface area contributed by atoms with E-state index in [9.17, 15) is 0 Å². The van der Waals surface area contributed by atoms with E-state index in [2.05, 4.69) is 17.1 Å². The SMILES string of the molecule is CCCNCCCCCN1CCOCC1. The highest BCUT2D eigenvalue weighted by atomic mass is 16.5. The predicted octanol–water partition coefficient (Wildman–Crippen LogP) is 1.49. The number of ether oxygens (including phenoxy) is 1. The van der Waals surface area contributed by atoms with Crippen LogP contribution in [-0.2, 0) is 4.74 Å². The van der Waals surface area contributed by atoms with E-state index in [1.165, 1.54) is 45.3 Å². The fraction of sp³-hybridized carbons (Fsp3) is 1.00. The van der Waals surface area contributed by atoms with Gasteiger partial charge in [-0.3, -0.25) is 4.90 Å². The van der Waals surface area contributed by atoms with Crippen LogP contribution in [0, 0.1) is 0 Å². The van der Waals surface area contributed by atoms with Gasteiger partial charge in [-0.2, -0.15) is 0 Å². The van der Waals surface area contributed by atoms with Gasteiger partial charge in [-0.25, -0.2) is 0 Å². The van der Waals surface area contributed by atoms with Crippen molar-refractivity contribution in [3.63, 3.8) is 0 Å². The topological polar surface area (TPSA) is 24.5 Å². The zero-order chi connectivity index (χ0) is 10.8. The summed E-state index contributed by atoms with van der Waals surface area (Å²) in [6.45, 7) is 9.96. The Morgan fingerprint density at radius 3 is 2.60 bits per heavy atom. The molecule has 0 spiro atoms. The van der Waals surface area contributed by atoms with E-state index in [-0.39, 0.29) is 0 Å². The summed E-state index contributed by atoms with van der Waals surface area (Å²) in [7, 11) is 0. The van der Waals surface area contributed by atoms with Gasteiger partial charge in [0.05, 0.1) is 13.2 Å². The summed E-state index contributed by atoms with van der Waals surface area (Å²) in [5, 5.41) is 3.44. The van der Waals surface area contributed by atoms with Crippen LogP contribution in [0.15, 0.2) is 0 Å². The Morgan fingerprint density at radius 1 is 1.07 bits per heavy atom. The third kappa shape index (κ3) is 6.88. The van der Waals surface area contributed by atoms with Gasteiger partial charge in [-0.1, -0.05) is 13.3 Å². The van der Waals surface area contributed by atoms with E-state index >= 15 is 0 Å². The van der Waals surface area contributed by atoms with Crippen molar-refractivity contribution in [3.05, 3.63) is 0 Å². The van der Waals surface area contributed by atoms with Crippen molar-refractivity contribution in [1.82, 2.24) is 10.2 Å². The normalized spacial score (nSPS) is 18.2. The van der Waals surface area contributed by atoms with Crippen molar-refractivity contribution in [2.24, 2.45) is 0 Å². The average molecular weight is 214 g/mol. The molecule has 0 radical (unpaired) electrons. The smallest absolute Gasteiger partial charge is 0.0594 e. The third-order valence-corrected chi connectivity index (χ3v) is 2.86. The molecule has 0 unspecified atom stereocenters. The highest BCUT2D eigenvalue weighted by Gasteiger charge is 2.08. The quantitative estimate of drug-likeness (QED) is 0.620. The predicted molar refractivity (Wildman–Crippen MR) is 64.3 cm³/mol. The number of unbranched alkanes of at least 4 members (excludes halogenated alkanes) is 2. The highest BCUT2D eigenvalue weighted by Crippen LogP contribution is 2.01. The summed E-state index contributed by atoms with van der Waals surface area (Å²) in [5.74, 6) is 0. The Bertz CT molecular complexity index is 136. The second kappa shape index (κ2) is 9.13. The van der Waals surface area contributed by atoms with Gasteiger partial charge in [0, 0.05) is 13.1 Å². The summed E-state index contributed by atoms with van der Waals surface area (Å²) in [6.07, 6.45) is 5.26. The van der Waals surface area contributed by atoms with Crippen molar-refractivity contribution in [2.75, 3.05) is 45.9 Å². The highest BCUT2D eigenvalue weighted by molar-refractivity contribution is 4.61. The van der Waals surface area contributed by atoms with E-state index in [0.29, 0.717) is 0 Å². The fourth-order valence-corrected chi connectivity index (χ4v) is 1.89. The summed E-state index contributed by atoms with van der Waals surface area (Å²) >= 11 is 0. The average Bonchev–Trinajstić information content (AvgIpc) is 2.29. The van der Waals surface area contributed by atoms with Gasteiger partial charge < -0.3 is 10.1 Å². The lowest BCUT2D eigenvalue weighted by atomic mass is 10.2. The molecule has 1 aliphatic heterocycles. The molecule has 0 aromatic heterocycles. The van der Waals surface area contributed by atoms with Crippen LogP contribution >= 0.6 is 0 Å². The molecule has 0 aliphatic carbocycles. The van der Waals surface area contributed by atoms with Gasteiger partial charge in [0.25, 0.3) is 0 Å². The van der Waals surface area contributed by atoms with Crippen molar-refractivity contribution in [1.29, 1.82) is 0 Å². The van der Waals surface area contributed by atoms with Gasteiger partial charge in [0.15, 0.2) is 0 Å². The summed E-state index contributed by atoms with van der Waals surface area (Å²) < 4.78 is 5.32. The van der Waals surface area contributed by atoms with Crippen LogP contribution in [-0.4, -0.2) is 50.8 Å². The maximum atomic E-state index is 5.32. The number of hydrogen-bond acceptors (Lipinski definition) is 3. The summed E-state index contributed by atoms with van der Waals surface area (Å²) in [6, 6.07) is 0. The van der Waals surface area contributed by atoms with Crippen LogP contribution < -0.4 is 5.32 Å². The van der Waals surface area contributed by atoms with E-state index < -0.39 is 0 Å². The molecule has 0 aromatic rings. The number of morpholine rings is 1. The zero-order valence-electron chi connectivity index (χ0n) is 10.1. The molecule has 1 N–H and O–H groups in total. The van der Waals surface area contributed by atoms with Crippen LogP contribution in [0.4, 0.5) is 0 Å². The molecule has 1 fully saturated rings. The lowest BCUT2D eigenvalue weighted by Crippen LogP contribution is -2.36. The molecule has 0 aromatic carbocycles. The van der Waals surface area contributed by atoms with Gasteiger partial charge >= 0.3 is 0 Å². The Labute approximate surface area is 94.2 Å². The van der Waals surface area contributed by atoms with Crippen LogP contribution in [0.3, 0.4) is 0 Å². The molecule has 1 rings (SSSR count). The molecule has 0 saturated carbocycles. The molecular weight excluding hydrogens is 188 g/mol. The first kappa shape index (κ1) is 12.9. The maximum absolute atomic E-state index is 5.32. The molecule has 1 saturated heterocycles. The Balaban J connectivity index is 1.79. The van der Waals surface area contributed by atoms with E-state index in [4.69, 9.17) is 4.74 Å². The van der Waals surface area contributed by atoms with Crippen LogP contribution in [0.2, 0.25) is 0 Å². The van der Waals surface area contributed by atoms with Crippen molar-refractivity contribution < 1.29 is 4.74 Å². The van der Waals surface area contributed by atoms with Crippen molar-refractivity contribution in [3.8, 4) is 0 Å². The second-order valence-electron chi connectivity index (χ2n) is 4.26. The molecule has 3 nitrogen and oxygen atoms in total. The van der Waals surface area contributed by atoms with E-state index in [0.717, 1.165) is 26.3 Å². The zero-order valence-corrected chi connectivity index (χ0v) is 10.1. The number of nitrogens with one attached hydrogen (secondary N) is 1. The van der Waals surface area contributed by atoms with Crippen LogP contribution in [0.25, 0.3) is 0 Å². The minimum absolute atomic E-state index is 0.929. The molecule has 0 amide bonds. The van der Waals surface area contributed by atoms with Gasteiger partial charge in [-0.05, 0) is 38.9 Å². The lowest BCUT2D eigenvalue weighted by molar-refractivity contribution is 0.0371. The molecule has 90 valence electrons. The number of nitrogens with zero attached hydrogens (tertiary/aromatic N) is 1. The van der Waals surface area contributed by atoms with Gasteiger partial charge in [0.1, 0.15) is 0 Å². The molecule has 0 bridgehead atoms. The monoisotopic (exact) mass is 214 g/mol. The van der Waals surface area contributed by atoms with Crippen LogP contribution in [0.5, 0.6) is 0 Å². The first-order chi connectivity index (χ1) is 7.43. The molecule has 15 heavy (non-hydrogen) atoms. The maximum Gasteiger partial charge on any atom is 0.0594 e. The second-order valence-corrected chi connectivity index (χ2v) is 4.26. The van der Waals surface area contributed by atoms with Gasteiger partial charge in [0.2, 0.25) is 0 Å². The molecule has 3 heteroatoms. The number of rotatable bonds is 8. The van der Waals surface area contributed by atoms with Crippen molar-refractivity contribution >= 4 is 0 Å².